The molecule has 0 saturated carbocycles. The molecule has 0 fully saturated rings. The highest BCUT2D eigenvalue weighted by Gasteiger charge is 2.15. The molecule has 0 aliphatic heterocycles. The average molecular weight is 372 g/mol. The van der Waals surface area contributed by atoms with E-state index >= 15 is 0 Å². The van der Waals surface area contributed by atoms with Gasteiger partial charge in [-0.2, -0.15) is 0 Å². The summed E-state index contributed by atoms with van der Waals surface area (Å²) >= 11 is 0. The lowest BCUT2D eigenvalue weighted by atomic mass is 10.1. The monoisotopic (exact) mass is 372 g/mol. The second-order valence-corrected chi connectivity index (χ2v) is 7.94. The van der Waals surface area contributed by atoms with Gasteiger partial charge in [0.1, 0.15) is 5.82 Å². The molecule has 0 aliphatic rings. The third-order valence-corrected chi connectivity index (χ3v) is 5.27. The van der Waals surface area contributed by atoms with Crippen molar-refractivity contribution in [2.45, 2.75) is 11.8 Å². The van der Waals surface area contributed by atoms with Crippen LogP contribution in [0.3, 0.4) is 0 Å². The van der Waals surface area contributed by atoms with E-state index in [1.807, 2.05) is 17.6 Å². The first-order valence-corrected chi connectivity index (χ1v) is 9.66. The van der Waals surface area contributed by atoms with Crippen molar-refractivity contribution < 1.29 is 18.0 Å². The molecule has 1 aromatic heterocycles. The van der Waals surface area contributed by atoms with Gasteiger partial charge in [0.2, 0.25) is 0 Å². The van der Waals surface area contributed by atoms with Gasteiger partial charge in [-0.25, -0.2) is 12.8 Å². The van der Waals surface area contributed by atoms with Gasteiger partial charge in [0.15, 0.2) is 9.84 Å². The topological polar surface area (TPSA) is 71.7 Å². The Morgan fingerprint density at radius 1 is 1.08 bits per heavy atom. The molecule has 1 heterocycles. The van der Waals surface area contributed by atoms with Gasteiger partial charge in [0.25, 0.3) is 0 Å². The van der Waals surface area contributed by atoms with Crippen molar-refractivity contribution in [3.05, 3.63) is 71.7 Å². The molecule has 134 valence electrons. The van der Waals surface area contributed by atoms with Gasteiger partial charge in [-0.3, -0.25) is 0 Å². The molecule has 0 spiro atoms. The largest absolute Gasteiger partial charge is 0.411 e. The van der Waals surface area contributed by atoms with Gasteiger partial charge in [-0.15, -0.1) is 0 Å². The van der Waals surface area contributed by atoms with Crippen molar-refractivity contribution in [1.29, 1.82) is 0 Å². The fraction of sp³-hybridized carbons (Fsp3) is 0.105. The maximum absolute atomic E-state index is 13.3. The number of oxime groups is 1. The van der Waals surface area contributed by atoms with Gasteiger partial charge in [0.05, 0.1) is 16.8 Å². The zero-order chi connectivity index (χ0) is 18.9. The maximum Gasteiger partial charge on any atom is 0.175 e. The number of aromatic nitrogens is 1. The fourth-order valence-corrected chi connectivity index (χ4v) is 3.46. The van der Waals surface area contributed by atoms with Gasteiger partial charge in [0, 0.05) is 23.2 Å². The highest BCUT2D eigenvalue weighted by atomic mass is 32.2. The summed E-state index contributed by atoms with van der Waals surface area (Å²) in [5.41, 5.74) is 3.78. The lowest BCUT2D eigenvalue weighted by molar-refractivity contribution is 0.322. The summed E-state index contributed by atoms with van der Waals surface area (Å²) < 4.78 is 38.5. The van der Waals surface area contributed by atoms with Crippen molar-refractivity contribution >= 4 is 16.1 Å². The van der Waals surface area contributed by atoms with E-state index < -0.39 is 9.84 Å². The molecular formula is C19H17FN2O3S. The second-order valence-electron chi connectivity index (χ2n) is 5.92. The number of halogens is 1. The molecule has 0 radical (unpaired) electrons. The first kappa shape index (κ1) is 17.9. The minimum atomic E-state index is -3.28. The van der Waals surface area contributed by atoms with E-state index in [-0.39, 0.29) is 10.7 Å². The molecule has 7 heteroatoms. The number of nitrogens with zero attached hydrogens (tertiary/aromatic N) is 2. The lowest BCUT2D eigenvalue weighted by Gasteiger charge is -2.12. The number of hydrogen-bond acceptors (Lipinski definition) is 4. The summed E-state index contributed by atoms with van der Waals surface area (Å²) in [5.74, 6) is -0.338. The van der Waals surface area contributed by atoms with Gasteiger partial charge in [-0.1, -0.05) is 17.3 Å². The Labute approximate surface area is 150 Å². The van der Waals surface area contributed by atoms with E-state index in [1.54, 1.807) is 36.4 Å². The van der Waals surface area contributed by atoms with Crippen molar-refractivity contribution in [2.24, 2.45) is 5.16 Å². The zero-order valence-corrected chi connectivity index (χ0v) is 15.0. The lowest BCUT2D eigenvalue weighted by Crippen LogP contribution is -2.01. The van der Waals surface area contributed by atoms with Crippen LogP contribution >= 0.6 is 0 Å². The molecular weight excluding hydrogens is 355 g/mol. The van der Waals surface area contributed by atoms with Gasteiger partial charge < -0.3 is 9.77 Å². The zero-order valence-electron chi connectivity index (χ0n) is 14.2. The molecule has 1 N–H and O–H groups in total. The smallest absolute Gasteiger partial charge is 0.175 e. The number of rotatable bonds is 4. The number of benzene rings is 2. The molecule has 3 rings (SSSR count). The van der Waals surface area contributed by atoms with E-state index in [1.165, 1.54) is 18.3 Å². The summed E-state index contributed by atoms with van der Waals surface area (Å²) in [6, 6.07) is 14.4. The molecule has 0 atom stereocenters. The van der Waals surface area contributed by atoms with E-state index in [4.69, 9.17) is 5.21 Å². The summed E-state index contributed by atoms with van der Waals surface area (Å²) in [4.78, 5) is 0.231. The van der Waals surface area contributed by atoms with Crippen LogP contribution in [0.4, 0.5) is 4.39 Å². The van der Waals surface area contributed by atoms with Gasteiger partial charge in [-0.05, 0) is 55.0 Å². The van der Waals surface area contributed by atoms with E-state index in [2.05, 4.69) is 5.16 Å². The summed E-state index contributed by atoms with van der Waals surface area (Å²) in [5, 5.41) is 12.0. The van der Waals surface area contributed by atoms with E-state index in [0.29, 0.717) is 5.56 Å². The van der Waals surface area contributed by atoms with E-state index in [9.17, 15) is 12.8 Å². The Hall–Kier alpha value is -2.93. The predicted molar refractivity (Wildman–Crippen MR) is 98.4 cm³/mol. The molecule has 0 bridgehead atoms. The summed E-state index contributed by atoms with van der Waals surface area (Å²) in [6.45, 7) is 1.86. The Bertz CT molecular complexity index is 1070. The standard InChI is InChI=1S/C19H17FN2O3S/c1-13-15(12-21-23)11-19(22(13)17-7-5-16(20)6-8-17)14-3-9-18(10-4-14)26(2,24)25/h3-12,23H,1-2H3/b21-12-. The summed E-state index contributed by atoms with van der Waals surface area (Å²) in [7, 11) is -3.28. The third kappa shape index (κ3) is 3.39. The van der Waals surface area contributed by atoms with Crippen molar-refractivity contribution in [1.82, 2.24) is 4.57 Å². The minimum Gasteiger partial charge on any atom is -0.411 e. The van der Waals surface area contributed by atoms with Crippen molar-refractivity contribution in [3.63, 3.8) is 0 Å². The first-order chi connectivity index (χ1) is 12.3. The summed E-state index contributed by atoms with van der Waals surface area (Å²) in [6.07, 6.45) is 2.48. The molecule has 0 saturated heterocycles. The molecule has 2 aromatic carbocycles. The molecule has 0 aliphatic carbocycles. The van der Waals surface area contributed by atoms with Crippen LogP contribution in [0.2, 0.25) is 0 Å². The van der Waals surface area contributed by atoms with Crippen LogP contribution in [0.1, 0.15) is 11.3 Å². The maximum atomic E-state index is 13.3. The molecule has 0 unspecified atom stereocenters. The quantitative estimate of drug-likeness (QED) is 0.430. The Morgan fingerprint density at radius 2 is 1.69 bits per heavy atom. The normalized spacial score (nSPS) is 12.0. The minimum absolute atomic E-state index is 0.231. The Kier molecular flexibility index (Phi) is 4.65. The Balaban J connectivity index is 2.20. The van der Waals surface area contributed by atoms with Gasteiger partial charge >= 0.3 is 0 Å². The molecule has 5 nitrogen and oxygen atoms in total. The SMILES string of the molecule is Cc1c(/C=N\O)cc(-c2ccc(S(C)(=O)=O)cc2)n1-c1ccc(F)cc1. The fourth-order valence-electron chi connectivity index (χ4n) is 2.83. The second kappa shape index (κ2) is 6.76. The highest BCUT2D eigenvalue weighted by molar-refractivity contribution is 7.90. The van der Waals surface area contributed by atoms with Crippen LogP contribution in [0.15, 0.2) is 64.6 Å². The molecule has 26 heavy (non-hydrogen) atoms. The predicted octanol–water partition coefficient (Wildman–Crippen LogP) is 3.80. The Morgan fingerprint density at radius 3 is 2.23 bits per heavy atom. The van der Waals surface area contributed by atoms with Crippen LogP contribution in [0.5, 0.6) is 0 Å². The molecule has 3 aromatic rings. The van der Waals surface area contributed by atoms with Crippen LogP contribution in [-0.4, -0.2) is 30.7 Å². The number of hydrogen-bond donors (Lipinski definition) is 1. The van der Waals surface area contributed by atoms with Crippen molar-refractivity contribution in [2.75, 3.05) is 6.26 Å². The first-order valence-electron chi connectivity index (χ1n) is 7.77. The van der Waals surface area contributed by atoms with Crippen LogP contribution in [0.25, 0.3) is 16.9 Å². The van der Waals surface area contributed by atoms with E-state index in [0.717, 1.165) is 28.9 Å². The van der Waals surface area contributed by atoms with Crippen LogP contribution in [0, 0.1) is 12.7 Å². The molecule has 0 amide bonds. The highest BCUT2D eigenvalue weighted by Crippen LogP contribution is 2.29. The van der Waals surface area contributed by atoms with Crippen LogP contribution in [-0.2, 0) is 9.84 Å². The average Bonchev–Trinajstić information content (AvgIpc) is 2.92. The third-order valence-electron chi connectivity index (χ3n) is 4.15. The van der Waals surface area contributed by atoms with Crippen LogP contribution < -0.4 is 0 Å². The van der Waals surface area contributed by atoms with Crippen molar-refractivity contribution in [3.8, 4) is 16.9 Å². The number of sulfone groups is 1.